The molecule has 1 aromatic carbocycles. The van der Waals surface area contributed by atoms with Crippen molar-refractivity contribution in [1.82, 2.24) is 20.1 Å². The van der Waals surface area contributed by atoms with E-state index < -0.39 is 0 Å². The second-order valence-corrected chi connectivity index (χ2v) is 5.34. The van der Waals surface area contributed by atoms with Crippen molar-refractivity contribution in [3.05, 3.63) is 51.7 Å². The Balaban J connectivity index is 1.94. The van der Waals surface area contributed by atoms with Crippen molar-refractivity contribution in [2.24, 2.45) is 0 Å². The Kier molecular flexibility index (Phi) is 5.60. The van der Waals surface area contributed by atoms with Crippen molar-refractivity contribution in [2.45, 2.75) is 12.8 Å². The number of H-pyrrole nitrogens is 1. The van der Waals surface area contributed by atoms with Gasteiger partial charge in [-0.05, 0) is 44.8 Å². The number of halogens is 1. The van der Waals surface area contributed by atoms with Crippen LogP contribution in [0.4, 0.5) is 10.3 Å². The zero-order valence-electron chi connectivity index (χ0n) is 12.8. The molecule has 0 aliphatic heterocycles. The second-order valence-electron chi connectivity index (χ2n) is 5.34. The van der Waals surface area contributed by atoms with E-state index in [2.05, 4.69) is 25.4 Å². The van der Waals surface area contributed by atoms with Gasteiger partial charge in [0, 0.05) is 13.0 Å². The summed E-state index contributed by atoms with van der Waals surface area (Å²) in [4.78, 5) is 16.7. The maximum Gasteiger partial charge on any atom is 0.274 e. The van der Waals surface area contributed by atoms with E-state index in [-0.39, 0.29) is 11.4 Å². The Morgan fingerprint density at radius 3 is 2.59 bits per heavy atom. The summed E-state index contributed by atoms with van der Waals surface area (Å²) in [5.74, 6) is 0.0626. The van der Waals surface area contributed by atoms with Crippen molar-refractivity contribution in [3.8, 4) is 0 Å². The van der Waals surface area contributed by atoms with Gasteiger partial charge >= 0.3 is 0 Å². The topological polar surface area (TPSA) is 73.9 Å². The zero-order valence-corrected chi connectivity index (χ0v) is 12.8. The molecule has 0 spiro atoms. The summed E-state index contributed by atoms with van der Waals surface area (Å²) in [7, 11) is 4.01. The highest BCUT2D eigenvalue weighted by molar-refractivity contribution is 5.24. The molecule has 0 fully saturated rings. The highest BCUT2D eigenvalue weighted by atomic mass is 19.1. The molecular weight excluding hydrogens is 285 g/mol. The predicted molar refractivity (Wildman–Crippen MR) is 83.5 cm³/mol. The molecule has 118 valence electrons. The fourth-order valence-electron chi connectivity index (χ4n) is 1.95. The monoisotopic (exact) mass is 305 g/mol. The number of rotatable bonds is 7. The summed E-state index contributed by atoms with van der Waals surface area (Å²) in [6, 6.07) is 5.98. The van der Waals surface area contributed by atoms with Crippen LogP contribution in [-0.2, 0) is 6.42 Å². The first kappa shape index (κ1) is 16.1. The van der Waals surface area contributed by atoms with Gasteiger partial charge in [-0.3, -0.25) is 9.78 Å². The number of anilines is 1. The van der Waals surface area contributed by atoms with Gasteiger partial charge in [0.15, 0.2) is 0 Å². The van der Waals surface area contributed by atoms with E-state index in [1.54, 1.807) is 12.1 Å². The van der Waals surface area contributed by atoms with Crippen LogP contribution in [0.2, 0.25) is 0 Å². The van der Waals surface area contributed by atoms with Crippen LogP contribution >= 0.6 is 0 Å². The molecule has 2 N–H and O–H groups in total. The molecule has 0 radical (unpaired) electrons. The molecule has 0 aliphatic rings. The summed E-state index contributed by atoms with van der Waals surface area (Å²) in [5, 5.41) is 10.9. The summed E-state index contributed by atoms with van der Waals surface area (Å²) >= 11 is 0. The van der Waals surface area contributed by atoms with Gasteiger partial charge in [-0.2, -0.15) is 0 Å². The van der Waals surface area contributed by atoms with Crippen LogP contribution in [0.25, 0.3) is 0 Å². The van der Waals surface area contributed by atoms with E-state index in [0.29, 0.717) is 24.6 Å². The third kappa shape index (κ3) is 4.92. The molecule has 1 heterocycles. The second kappa shape index (κ2) is 7.65. The molecule has 0 aliphatic carbocycles. The Bertz CT molecular complexity index is 654. The van der Waals surface area contributed by atoms with E-state index in [1.807, 2.05) is 14.1 Å². The molecular formula is C15H20FN5O. The van der Waals surface area contributed by atoms with Gasteiger partial charge in [0.2, 0.25) is 5.95 Å². The lowest BCUT2D eigenvalue weighted by atomic mass is 10.1. The van der Waals surface area contributed by atoms with Crippen LogP contribution in [0.1, 0.15) is 17.7 Å². The van der Waals surface area contributed by atoms with Gasteiger partial charge in [-0.15, -0.1) is 10.2 Å². The molecule has 0 unspecified atom stereocenters. The average Bonchev–Trinajstić information content (AvgIpc) is 2.48. The summed E-state index contributed by atoms with van der Waals surface area (Å²) < 4.78 is 12.8. The van der Waals surface area contributed by atoms with Gasteiger partial charge < -0.3 is 10.2 Å². The van der Waals surface area contributed by atoms with Crippen LogP contribution in [0.3, 0.4) is 0 Å². The van der Waals surface area contributed by atoms with E-state index >= 15 is 0 Å². The number of aromatic amines is 1. The normalized spacial score (nSPS) is 10.9. The van der Waals surface area contributed by atoms with Crippen molar-refractivity contribution >= 4 is 5.95 Å². The fourth-order valence-corrected chi connectivity index (χ4v) is 1.95. The lowest BCUT2D eigenvalue weighted by Crippen LogP contribution is -2.21. The van der Waals surface area contributed by atoms with Crippen molar-refractivity contribution in [3.63, 3.8) is 0 Å². The quantitative estimate of drug-likeness (QED) is 0.753. The molecule has 0 saturated carbocycles. The number of hydrogen-bond acceptors (Lipinski definition) is 5. The Labute approximate surface area is 128 Å². The molecule has 0 atom stereocenters. The molecule has 0 amide bonds. The minimum atomic E-state index is -0.305. The molecule has 22 heavy (non-hydrogen) atoms. The van der Waals surface area contributed by atoms with E-state index in [0.717, 1.165) is 18.5 Å². The predicted octanol–water partition coefficient (Wildman–Crippen LogP) is 1.26. The van der Waals surface area contributed by atoms with Gasteiger partial charge in [-0.1, -0.05) is 12.1 Å². The Hall–Kier alpha value is -2.28. The highest BCUT2D eigenvalue weighted by Gasteiger charge is 2.06. The standard InChI is InChI=1S/C15H20FN5O/c1-21(2)9-3-8-17-15-18-14(22)13(19-20-15)10-11-4-6-12(16)7-5-11/h4-7H,3,8-10H2,1-2H3,(H2,17,18,20,22). The molecule has 2 rings (SSSR count). The van der Waals surface area contributed by atoms with Crippen LogP contribution < -0.4 is 10.9 Å². The first-order chi connectivity index (χ1) is 10.5. The largest absolute Gasteiger partial charge is 0.354 e. The van der Waals surface area contributed by atoms with Gasteiger partial charge in [-0.25, -0.2) is 4.39 Å². The Morgan fingerprint density at radius 1 is 1.23 bits per heavy atom. The lowest BCUT2D eigenvalue weighted by Gasteiger charge is -2.09. The molecule has 0 saturated heterocycles. The number of aromatic nitrogens is 3. The van der Waals surface area contributed by atoms with E-state index in [1.165, 1.54) is 12.1 Å². The molecule has 0 bridgehead atoms. The first-order valence-corrected chi connectivity index (χ1v) is 7.13. The summed E-state index contributed by atoms with van der Waals surface area (Å²) in [6.07, 6.45) is 1.26. The number of nitrogens with one attached hydrogen (secondary N) is 2. The SMILES string of the molecule is CN(C)CCCNc1nnc(Cc2ccc(F)cc2)c(=O)[nH]1. The number of benzene rings is 1. The minimum Gasteiger partial charge on any atom is -0.354 e. The molecule has 2 aromatic rings. The highest BCUT2D eigenvalue weighted by Crippen LogP contribution is 2.06. The third-order valence-electron chi connectivity index (χ3n) is 3.12. The fraction of sp³-hybridized carbons (Fsp3) is 0.400. The minimum absolute atomic E-state index is 0.283. The summed E-state index contributed by atoms with van der Waals surface area (Å²) in [5.41, 5.74) is 0.841. The van der Waals surface area contributed by atoms with Gasteiger partial charge in [0.25, 0.3) is 5.56 Å². The number of hydrogen-bond donors (Lipinski definition) is 2. The average molecular weight is 305 g/mol. The van der Waals surface area contributed by atoms with E-state index in [4.69, 9.17) is 0 Å². The maximum absolute atomic E-state index is 12.8. The zero-order chi connectivity index (χ0) is 15.9. The number of nitrogens with zero attached hydrogens (tertiary/aromatic N) is 3. The van der Waals surface area contributed by atoms with Crippen molar-refractivity contribution in [1.29, 1.82) is 0 Å². The van der Waals surface area contributed by atoms with Crippen LogP contribution in [0, 0.1) is 5.82 Å². The molecule has 7 heteroatoms. The van der Waals surface area contributed by atoms with Gasteiger partial charge in [0.05, 0.1) is 0 Å². The van der Waals surface area contributed by atoms with Crippen LogP contribution in [0.15, 0.2) is 29.1 Å². The molecule has 6 nitrogen and oxygen atoms in total. The van der Waals surface area contributed by atoms with Crippen LogP contribution in [0.5, 0.6) is 0 Å². The molecule has 1 aromatic heterocycles. The lowest BCUT2D eigenvalue weighted by molar-refractivity contribution is 0.405. The van der Waals surface area contributed by atoms with Gasteiger partial charge in [0.1, 0.15) is 11.5 Å². The van der Waals surface area contributed by atoms with Crippen molar-refractivity contribution < 1.29 is 4.39 Å². The van der Waals surface area contributed by atoms with Crippen LogP contribution in [-0.4, -0.2) is 47.3 Å². The Morgan fingerprint density at radius 2 is 1.95 bits per heavy atom. The third-order valence-corrected chi connectivity index (χ3v) is 3.12. The van der Waals surface area contributed by atoms with Crippen molar-refractivity contribution in [2.75, 3.05) is 32.5 Å². The maximum atomic E-state index is 12.8. The van der Waals surface area contributed by atoms with E-state index in [9.17, 15) is 9.18 Å². The smallest absolute Gasteiger partial charge is 0.274 e. The first-order valence-electron chi connectivity index (χ1n) is 7.13. The summed E-state index contributed by atoms with van der Waals surface area (Å²) in [6.45, 7) is 1.66.